The first-order chi connectivity index (χ1) is 8.63. The minimum atomic E-state index is -5.25. The first kappa shape index (κ1) is 15.1. The van der Waals surface area contributed by atoms with Crippen LogP contribution in [0.2, 0.25) is 0 Å². The Labute approximate surface area is 103 Å². The van der Waals surface area contributed by atoms with Crippen LogP contribution in [0, 0.1) is 29.1 Å². The van der Waals surface area contributed by atoms with Crippen molar-refractivity contribution in [3.8, 4) is 0 Å². The van der Waals surface area contributed by atoms with E-state index in [0.717, 1.165) is 7.11 Å². The van der Waals surface area contributed by atoms with Crippen molar-refractivity contribution in [1.29, 1.82) is 0 Å². The molecule has 0 unspecified atom stereocenters. The monoisotopic (exact) mass is 304 g/mol. The van der Waals surface area contributed by atoms with Gasteiger partial charge in [0.1, 0.15) is 0 Å². The quantitative estimate of drug-likeness (QED) is 0.291. The highest BCUT2D eigenvalue weighted by molar-refractivity contribution is 7.90. The summed E-state index contributed by atoms with van der Waals surface area (Å²) in [7, 11) is -4.37. The number of nitrogens with two attached hydrogens (primary N) is 1. The van der Waals surface area contributed by atoms with Crippen LogP contribution in [0.5, 0.6) is 0 Å². The van der Waals surface area contributed by atoms with Crippen LogP contribution in [-0.2, 0) is 14.8 Å². The summed E-state index contributed by atoms with van der Waals surface area (Å²) in [5.41, 5.74) is 4.84. The molecule has 1 aromatic carbocycles. The largest absolute Gasteiger partial charge is 0.468 e. The fourth-order valence-electron chi connectivity index (χ4n) is 1.01. The molecule has 0 atom stereocenters. The van der Waals surface area contributed by atoms with Crippen LogP contribution in [0.3, 0.4) is 0 Å². The fraction of sp³-hybridized carbons (Fsp3) is 0.125. The number of ether oxygens (including phenoxy) is 1. The zero-order valence-corrected chi connectivity index (χ0v) is 9.86. The maximum Gasteiger partial charge on any atom is 0.297 e. The average molecular weight is 304 g/mol. The van der Waals surface area contributed by atoms with Crippen molar-refractivity contribution in [2.24, 2.45) is 10.1 Å². The highest BCUT2D eigenvalue weighted by Crippen LogP contribution is 2.27. The van der Waals surface area contributed by atoms with Crippen molar-refractivity contribution in [2.45, 2.75) is 4.90 Å². The van der Waals surface area contributed by atoms with Crippen molar-refractivity contribution in [3.05, 3.63) is 29.1 Å². The van der Waals surface area contributed by atoms with Gasteiger partial charge in [-0.25, -0.2) is 22.0 Å². The Kier molecular flexibility index (Phi) is 3.98. The summed E-state index contributed by atoms with van der Waals surface area (Å²) in [6, 6.07) is -1.04. The predicted octanol–water partition coefficient (Wildman–Crippen LogP) is 1.03. The van der Waals surface area contributed by atoms with Crippen LogP contribution < -0.4 is 5.73 Å². The van der Waals surface area contributed by atoms with E-state index in [1.54, 1.807) is 0 Å². The van der Waals surface area contributed by atoms with Gasteiger partial charge in [0.15, 0.2) is 28.2 Å². The summed E-state index contributed by atoms with van der Waals surface area (Å²) in [5, 5.41) is 0. The van der Waals surface area contributed by atoms with Gasteiger partial charge in [0.05, 0.1) is 7.11 Å². The standard InChI is InChI=1S/C8H5F5N2O3S/c1-18-8(14)15-19(16,17)7-5(12)3(10)2(9)4(11)6(7)13/h1H3,(H2,14,15). The third kappa shape index (κ3) is 2.59. The normalized spacial score (nSPS) is 12.6. The first-order valence-electron chi connectivity index (χ1n) is 4.29. The minimum absolute atomic E-state index is 0.882. The molecule has 0 fully saturated rings. The molecule has 0 aliphatic heterocycles. The topological polar surface area (TPSA) is 81.8 Å². The molecular formula is C8H5F5N2O3S. The molecule has 0 bridgehead atoms. The Hall–Kier alpha value is -1.91. The van der Waals surface area contributed by atoms with Gasteiger partial charge in [-0.05, 0) is 0 Å². The molecule has 19 heavy (non-hydrogen) atoms. The predicted molar refractivity (Wildman–Crippen MR) is 52.0 cm³/mol. The molecule has 2 N–H and O–H groups in total. The number of benzene rings is 1. The van der Waals surface area contributed by atoms with Gasteiger partial charge in [-0.15, -0.1) is 4.40 Å². The van der Waals surface area contributed by atoms with Crippen molar-refractivity contribution < 1.29 is 35.1 Å². The molecule has 5 nitrogen and oxygen atoms in total. The molecule has 0 heterocycles. The second-order valence-corrected chi connectivity index (χ2v) is 4.55. The van der Waals surface area contributed by atoms with Crippen molar-refractivity contribution in [1.82, 2.24) is 0 Å². The second kappa shape index (κ2) is 4.99. The van der Waals surface area contributed by atoms with E-state index in [2.05, 4.69) is 9.13 Å². The van der Waals surface area contributed by atoms with Crippen LogP contribution in [0.4, 0.5) is 22.0 Å². The lowest BCUT2D eigenvalue weighted by Crippen LogP contribution is -2.18. The Morgan fingerprint density at radius 1 is 1.00 bits per heavy atom. The minimum Gasteiger partial charge on any atom is -0.468 e. The number of hydrogen-bond acceptors (Lipinski definition) is 3. The molecule has 0 radical (unpaired) electrons. The molecule has 0 saturated heterocycles. The van der Waals surface area contributed by atoms with Crippen LogP contribution >= 0.6 is 0 Å². The maximum absolute atomic E-state index is 13.2. The molecule has 0 amide bonds. The van der Waals surface area contributed by atoms with Gasteiger partial charge < -0.3 is 10.5 Å². The fourth-order valence-corrected chi connectivity index (χ4v) is 2.05. The van der Waals surface area contributed by atoms with E-state index in [1.165, 1.54) is 0 Å². The highest BCUT2D eigenvalue weighted by atomic mass is 32.2. The molecular weight excluding hydrogens is 299 g/mol. The molecule has 106 valence electrons. The number of hydrogen-bond donors (Lipinski definition) is 1. The number of halogens is 5. The van der Waals surface area contributed by atoms with Gasteiger partial charge in [-0.2, -0.15) is 8.42 Å². The van der Waals surface area contributed by atoms with Gasteiger partial charge in [-0.1, -0.05) is 0 Å². The molecule has 0 aromatic heterocycles. The third-order valence-corrected chi connectivity index (χ3v) is 3.14. The number of sulfonamides is 1. The summed E-state index contributed by atoms with van der Waals surface area (Å²) in [6.07, 6.45) is 0. The number of methoxy groups -OCH3 is 1. The Balaban J connectivity index is 3.71. The zero-order chi connectivity index (χ0) is 15.0. The summed E-state index contributed by atoms with van der Waals surface area (Å²) >= 11 is 0. The van der Waals surface area contributed by atoms with Crippen LogP contribution in [0.15, 0.2) is 9.29 Å². The molecule has 0 spiro atoms. The van der Waals surface area contributed by atoms with E-state index in [-0.39, 0.29) is 0 Å². The lowest BCUT2D eigenvalue weighted by molar-refractivity contribution is 0.357. The third-order valence-electron chi connectivity index (χ3n) is 1.85. The Morgan fingerprint density at radius 3 is 1.74 bits per heavy atom. The van der Waals surface area contributed by atoms with E-state index in [9.17, 15) is 30.4 Å². The molecule has 0 saturated carbocycles. The molecule has 1 rings (SSSR count). The highest BCUT2D eigenvalue weighted by Gasteiger charge is 2.33. The molecule has 0 aliphatic rings. The Bertz CT molecular complexity index is 630. The van der Waals surface area contributed by atoms with E-state index in [1.807, 2.05) is 0 Å². The van der Waals surface area contributed by atoms with Crippen molar-refractivity contribution in [3.63, 3.8) is 0 Å². The summed E-state index contributed by atoms with van der Waals surface area (Å²) in [5.74, 6) is -12.4. The van der Waals surface area contributed by atoms with E-state index < -0.39 is 50.0 Å². The van der Waals surface area contributed by atoms with Crippen molar-refractivity contribution >= 4 is 16.0 Å². The van der Waals surface area contributed by atoms with Gasteiger partial charge in [0.2, 0.25) is 5.82 Å². The number of rotatable bonds is 2. The van der Waals surface area contributed by atoms with Gasteiger partial charge in [0.25, 0.3) is 16.0 Å². The summed E-state index contributed by atoms with van der Waals surface area (Å²) in [4.78, 5) is -2.11. The van der Waals surface area contributed by atoms with Gasteiger partial charge >= 0.3 is 0 Å². The van der Waals surface area contributed by atoms with Crippen LogP contribution in [-0.4, -0.2) is 21.5 Å². The van der Waals surface area contributed by atoms with Gasteiger partial charge in [-0.3, -0.25) is 0 Å². The summed E-state index contributed by atoms with van der Waals surface area (Å²) in [6.45, 7) is 0. The van der Waals surface area contributed by atoms with Gasteiger partial charge in [0, 0.05) is 0 Å². The van der Waals surface area contributed by atoms with Crippen LogP contribution in [0.25, 0.3) is 0 Å². The van der Waals surface area contributed by atoms with Crippen LogP contribution in [0.1, 0.15) is 0 Å². The number of amidine groups is 1. The maximum atomic E-state index is 13.2. The first-order valence-corrected chi connectivity index (χ1v) is 5.73. The van der Waals surface area contributed by atoms with E-state index in [4.69, 9.17) is 5.73 Å². The van der Waals surface area contributed by atoms with Crippen molar-refractivity contribution in [2.75, 3.05) is 7.11 Å². The average Bonchev–Trinajstić information content (AvgIpc) is 2.33. The Morgan fingerprint density at radius 2 is 1.37 bits per heavy atom. The lowest BCUT2D eigenvalue weighted by Gasteiger charge is -2.06. The second-order valence-electron chi connectivity index (χ2n) is 3.01. The zero-order valence-electron chi connectivity index (χ0n) is 9.05. The van der Waals surface area contributed by atoms with E-state index >= 15 is 0 Å². The lowest BCUT2D eigenvalue weighted by atomic mass is 10.3. The molecule has 1 aromatic rings. The SMILES string of the molecule is CO/C(N)=N/S(=O)(=O)c1c(F)c(F)c(F)c(F)c1F. The smallest absolute Gasteiger partial charge is 0.297 e. The molecule has 0 aliphatic carbocycles. The summed E-state index contributed by atoms with van der Waals surface area (Å²) < 4.78 is 94.1. The number of nitrogens with zero attached hydrogens (tertiary/aromatic N) is 1. The molecule has 11 heteroatoms. The van der Waals surface area contributed by atoms with E-state index in [0.29, 0.717) is 0 Å².